The van der Waals surface area contributed by atoms with E-state index < -0.39 is 24.0 Å². The predicted octanol–water partition coefficient (Wildman–Crippen LogP) is 4.65. The molecule has 5 nitrogen and oxygen atoms in total. The van der Waals surface area contributed by atoms with Gasteiger partial charge in [-0.25, -0.2) is 14.8 Å². The highest BCUT2D eigenvalue weighted by atomic mass is 79.9. The van der Waals surface area contributed by atoms with Gasteiger partial charge in [-0.1, -0.05) is 46.3 Å². The number of hydrogen-bond donors (Lipinski definition) is 2. The Balaban J connectivity index is 2.15. The second-order valence-corrected chi connectivity index (χ2v) is 6.30. The minimum absolute atomic E-state index is 0.0511. The zero-order valence-corrected chi connectivity index (χ0v) is 14.5. The summed E-state index contributed by atoms with van der Waals surface area (Å²) in [5, 5.41) is 12.4. The van der Waals surface area contributed by atoms with Crippen LogP contribution in [0.3, 0.4) is 0 Å². The molecule has 2 aromatic carbocycles. The molecule has 26 heavy (non-hydrogen) atoms. The number of carboxylic acids is 1. The van der Waals surface area contributed by atoms with Crippen LogP contribution in [0, 0.1) is 0 Å². The summed E-state index contributed by atoms with van der Waals surface area (Å²) in [5.41, 5.74) is 0.436. The highest BCUT2D eigenvalue weighted by Crippen LogP contribution is 2.33. The van der Waals surface area contributed by atoms with Crippen molar-refractivity contribution in [1.29, 1.82) is 0 Å². The molecular weight excluding hydrogens is 415 g/mol. The summed E-state index contributed by atoms with van der Waals surface area (Å²) < 4.78 is 39.9. The molecule has 1 atom stereocenters. The molecule has 0 radical (unpaired) electrons. The molecule has 1 heterocycles. The lowest BCUT2D eigenvalue weighted by atomic mass is 10.1. The fourth-order valence-electron chi connectivity index (χ4n) is 2.41. The van der Waals surface area contributed by atoms with Gasteiger partial charge in [0.25, 0.3) is 0 Å². The quantitative estimate of drug-likeness (QED) is 0.636. The summed E-state index contributed by atoms with van der Waals surface area (Å²) >= 11 is 3.24. The third-order valence-corrected chi connectivity index (χ3v) is 4.07. The lowest BCUT2D eigenvalue weighted by molar-refractivity contribution is -0.144. The number of carbonyl (C=O) groups is 1. The van der Waals surface area contributed by atoms with Crippen LogP contribution in [-0.4, -0.2) is 21.0 Å². The number of benzene rings is 2. The maximum Gasteiger partial charge on any atom is 0.451 e. The molecule has 134 valence electrons. The van der Waals surface area contributed by atoms with Crippen LogP contribution in [0.15, 0.2) is 53.0 Å². The normalized spacial score (nSPS) is 12.8. The van der Waals surface area contributed by atoms with E-state index in [4.69, 9.17) is 0 Å². The topological polar surface area (TPSA) is 75.1 Å². The van der Waals surface area contributed by atoms with Gasteiger partial charge in [-0.15, -0.1) is 0 Å². The number of alkyl halides is 3. The first kappa shape index (κ1) is 18.1. The zero-order valence-electron chi connectivity index (χ0n) is 13.0. The summed E-state index contributed by atoms with van der Waals surface area (Å²) in [6.07, 6.45) is -4.76. The van der Waals surface area contributed by atoms with Crippen molar-refractivity contribution in [2.45, 2.75) is 12.2 Å². The molecule has 0 aliphatic heterocycles. The van der Waals surface area contributed by atoms with Crippen LogP contribution in [0.25, 0.3) is 10.9 Å². The van der Waals surface area contributed by atoms with E-state index in [1.54, 1.807) is 36.4 Å². The van der Waals surface area contributed by atoms with E-state index in [0.717, 1.165) is 0 Å². The van der Waals surface area contributed by atoms with Crippen LogP contribution < -0.4 is 5.32 Å². The maximum absolute atomic E-state index is 13.1. The Bertz CT molecular complexity index is 965. The second-order valence-electron chi connectivity index (χ2n) is 5.38. The molecule has 0 saturated heterocycles. The van der Waals surface area contributed by atoms with Crippen molar-refractivity contribution in [2.75, 3.05) is 5.32 Å². The molecule has 3 rings (SSSR count). The van der Waals surface area contributed by atoms with Gasteiger partial charge < -0.3 is 10.4 Å². The molecule has 3 aromatic rings. The number of nitrogens with one attached hydrogen (secondary N) is 1. The Hall–Kier alpha value is -2.68. The van der Waals surface area contributed by atoms with Crippen LogP contribution in [0.1, 0.15) is 17.4 Å². The van der Waals surface area contributed by atoms with Crippen LogP contribution in [-0.2, 0) is 11.0 Å². The van der Waals surface area contributed by atoms with Crippen LogP contribution in [0.5, 0.6) is 0 Å². The third kappa shape index (κ3) is 3.77. The number of rotatable bonds is 4. The number of anilines is 1. The number of hydrogen-bond acceptors (Lipinski definition) is 4. The Kier molecular flexibility index (Phi) is 4.82. The van der Waals surface area contributed by atoms with Crippen molar-refractivity contribution < 1.29 is 23.1 Å². The molecular formula is C17H11BrF3N3O2. The summed E-state index contributed by atoms with van der Waals surface area (Å²) in [5.74, 6) is -2.79. The van der Waals surface area contributed by atoms with E-state index in [1.807, 2.05) is 0 Å². The molecule has 9 heteroatoms. The molecule has 1 aromatic heterocycles. The minimum Gasteiger partial charge on any atom is -0.479 e. The second kappa shape index (κ2) is 6.91. The number of aliphatic carboxylic acids is 1. The van der Waals surface area contributed by atoms with Crippen molar-refractivity contribution in [1.82, 2.24) is 9.97 Å². The fraction of sp³-hybridized carbons (Fsp3) is 0.118. The molecule has 0 amide bonds. The van der Waals surface area contributed by atoms with Gasteiger partial charge in [0.15, 0.2) is 6.04 Å². The Morgan fingerprint density at radius 3 is 2.42 bits per heavy atom. The number of carboxylic acid groups (broad SMARTS) is 1. The number of fused-ring (bicyclic) bond motifs is 1. The average molecular weight is 426 g/mol. The summed E-state index contributed by atoms with van der Waals surface area (Å²) in [6.45, 7) is 0. The van der Waals surface area contributed by atoms with Crippen LogP contribution in [0.2, 0.25) is 0 Å². The van der Waals surface area contributed by atoms with Crippen molar-refractivity contribution >= 4 is 38.6 Å². The lowest BCUT2D eigenvalue weighted by Gasteiger charge is -2.18. The zero-order chi connectivity index (χ0) is 18.9. The third-order valence-electron chi connectivity index (χ3n) is 3.57. The van der Waals surface area contributed by atoms with E-state index in [2.05, 4.69) is 31.2 Å². The SMILES string of the molecule is O=C(O)C(Nc1nc(C(F)(F)F)nc2ccc(Br)cc12)c1ccccc1. The standard InChI is InChI=1S/C17H11BrF3N3O2/c18-10-6-7-12-11(8-10)14(24-16(22-12)17(19,20)21)23-13(15(25)26)9-4-2-1-3-5-9/h1-8,13H,(H,25,26)(H,22,23,24). The van der Waals surface area contributed by atoms with Gasteiger partial charge in [0, 0.05) is 9.86 Å². The van der Waals surface area contributed by atoms with Gasteiger partial charge >= 0.3 is 12.1 Å². The fourth-order valence-corrected chi connectivity index (χ4v) is 2.77. The molecule has 0 aliphatic rings. The maximum atomic E-state index is 13.1. The van der Waals surface area contributed by atoms with E-state index >= 15 is 0 Å². The molecule has 0 bridgehead atoms. The molecule has 0 aliphatic carbocycles. The van der Waals surface area contributed by atoms with Crippen molar-refractivity contribution in [3.8, 4) is 0 Å². The summed E-state index contributed by atoms with van der Waals surface area (Å²) in [7, 11) is 0. The largest absolute Gasteiger partial charge is 0.479 e. The molecule has 2 N–H and O–H groups in total. The first-order chi connectivity index (χ1) is 12.3. The Morgan fingerprint density at radius 1 is 1.12 bits per heavy atom. The van der Waals surface area contributed by atoms with Crippen LogP contribution in [0.4, 0.5) is 19.0 Å². The highest BCUT2D eigenvalue weighted by Gasteiger charge is 2.36. The monoisotopic (exact) mass is 425 g/mol. The molecule has 0 spiro atoms. The van der Waals surface area contributed by atoms with Gasteiger partial charge in [0.2, 0.25) is 5.82 Å². The Labute approximate surface area is 154 Å². The first-order valence-electron chi connectivity index (χ1n) is 7.34. The number of aromatic nitrogens is 2. The smallest absolute Gasteiger partial charge is 0.451 e. The van der Waals surface area contributed by atoms with Gasteiger partial charge in [-0.05, 0) is 23.8 Å². The van der Waals surface area contributed by atoms with E-state index in [-0.39, 0.29) is 16.7 Å². The van der Waals surface area contributed by atoms with E-state index in [0.29, 0.717) is 10.0 Å². The molecule has 0 fully saturated rings. The summed E-state index contributed by atoms with van der Waals surface area (Å²) in [4.78, 5) is 18.7. The number of halogens is 4. The van der Waals surface area contributed by atoms with Crippen molar-refractivity contribution in [3.05, 3.63) is 64.4 Å². The Morgan fingerprint density at radius 2 is 1.81 bits per heavy atom. The number of nitrogens with zero attached hydrogens (tertiary/aromatic N) is 2. The van der Waals surface area contributed by atoms with Gasteiger partial charge in [0.05, 0.1) is 5.52 Å². The van der Waals surface area contributed by atoms with Gasteiger partial charge in [-0.2, -0.15) is 13.2 Å². The first-order valence-corrected chi connectivity index (χ1v) is 8.14. The molecule has 0 saturated carbocycles. The van der Waals surface area contributed by atoms with Crippen molar-refractivity contribution in [3.63, 3.8) is 0 Å². The molecule has 1 unspecified atom stereocenters. The van der Waals surface area contributed by atoms with E-state index in [9.17, 15) is 23.1 Å². The van der Waals surface area contributed by atoms with E-state index in [1.165, 1.54) is 12.1 Å². The summed E-state index contributed by atoms with van der Waals surface area (Å²) in [6, 6.07) is 11.3. The predicted molar refractivity (Wildman–Crippen MR) is 92.7 cm³/mol. The lowest BCUT2D eigenvalue weighted by Crippen LogP contribution is -2.22. The van der Waals surface area contributed by atoms with Crippen LogP contribution >= 0.6 is 15.9 Å². The minimum atomic E-state index is -4.76. The highest BCUT2D eigenvalue weighted by molar-refractivity contribution is 9.10. The van der Waals surface area contributed by atoms with Gasteiger partial charge in [-0.3, -0.25) is 0 Å². The average Bonchev–Trinajstić information content (AvgIpc) is 2.59. The van der Waals surface area contributed by atoms with Crippen molar-refractivity contribution in [2.24, 2.45) is 0 Å². The van der Waals surface area contributed by atoms with Gasteiger partial charge in [0.1, 0.15) is 5.82 Å².